The number of aliphatic hydroxyl groups excluding tert-OH is 1. The summed E-state index contributed by atoms with van der Waals surface area (Å²) in [4.78, 5) is 24.6. The second kappa shape index (κ2) is 9.61. The van der Waals surface area contributed by atoms with Gasteiger partial charge in [-0.3, -0.25) is 0 Å². The molecule has 0 heterocycles. The van der Waals surface area contributed by atoms with E-state index in [2.05, 4.69) is 5.32 Å². The number of aliphatic carboxylic acids is 1. The van der Waals surface area contributed by atoms with E-state index in [0.717, 1.165) is 12.8 Å². The monoisotopic (exact) mass is 274 g/mol. The van der Waals surface area contributed by atoms with Crippen LogP contribution >= 0.6 is 0 Å². The number of hydrogen-bond acceptors (Lipinski definition) is 3. The third-order valence-electron chi connectivity index (χ3n) is 3.20. The van der Waals surface area contributed by atoms with E-state index in [1.165, 1.54) is 4.90 Å². The van der Waals surface area contributed by atoms with E-state index < -0.39 is 18.0 Å². The minimum Gasteiger partial charge on any atom is -0.480 e. The molecule has 0 aromatic heterocycles. The van der Waals surface area contributed by atoms with Gasteiger partial charge in [0.2, 0.25) is 0 Å². The number of aliphatic hydroxyl groups is 1. The van der Waals surface area contributed by atoms with Crippen molar-refractivity contribution >= 4 is 12.0 Å². The van der Waals surface area contributed by atoms with Crippen molar-refractivity contribution < 1.29 is 19.8 Å². The number of carbonyl (C=O) groups excluding carboxylic acids is 1. The molecule has 0 saturated heterocycles. The van der Waals surface area contributed by atoms with Gasteiger partial charge in [-0.15, -0.1) is 0 Å². The predicted octanol–water partition coefficient (Wildman–Crippen LogP) is 1.29. The van der Waals surface area contributed by atoms with Gasteiger partial charge in [0.05, 0.1) is 6.61 Å². The van der Waals surface area contributed by atoms with Crippen molar-refractivity contribution in [2.45, 2.75) is 46.1 Å². The Kier molecular flexibility index (Phi) is 8.95. The molecule has 0 aromatic rings. The number of amides is 2. The Labute approximate surface area is 114 Å². The molecule has 0 fully saturated rings. The largest absolute Gasteiger partial charge is 0.480 e. The molecule has 0 rings (SSSR count). The molecule has 0 spiro atoms. The summed E-state index contributed by atoms with van der Waals surface area (Å²) in [6, 6.07) is -1.31. The molecule has 2 amide bonds. The van der Waals surface area contributed by atoms with Crippen molar-refractivity contribution in [2.24, 2.45) is 5.92 Å². The number of nitrogens with zero attached hydrogens (tertiary/aromatic N) is 1. The molecule has 0 radical (unpaired) electrons. The van der Waals surface area contributed by atoms with Crippen LogP contribution < -0.4 is 5.32 Å². The lowest BCUT2D eigenvalue weighted by Crippen LogP contribution is -2.51. The normalized spacial score (nSPS) is 13.7. The smallest absolute Gasteiger partial charge is 0.326 e. The summed E-state index contributed by atoms with van der Waals surface area (Å²) in [5.41, 5.74) is 0. The minimum absolute atomic E-state index is 0.127. The average molecular weight is 274 g/mol. The lowest BCUT2D eigenvalue weighted by molar-refractivity contribution is -0.140. The maximum absolute atomic E-state index is 12.0. The first-order valence-corrected chi connectivity index (χ1v) is 6.86. The molecule has 0 aliphatic heterocycles. The zero-order valence-electron chi connectivity index (χ0n) is 12.1. The molecule has 0 aliphatic rings. The molecule has 0 saturated carbocycles. The van der Waals surface area contributed by atoms with Gasteiger partial charge in [-0.25, -0.2) is 9.59 Å². The van der Waals surface area contributed by atoms with E-state index in [1.54, 1.807) is 6.92 Å². The second-order valence-electron chi connectivity index (χ2n) is 4.72. The van der Waals surface area contributed by atoms with E-state index in [9.17, 15) is 9.59 Å². The molecule has 0 bridgehead atoms. The zero-order valence-corrected chi connectivity index (χ0v) is 12.1. The summed E-state index contributed by atoms with van der Waals surface area (Å²) >= 11 is 0. The quantitative estimate of drug-likeness (QED) is 0.591. The number of unbranched alkanes of at least 4 members (excludes halogenated alkanes) is 1. The molecular formula is C13H26N2O4. The highest BCUT2D eigenvalue weighted by atomic mass is 16.4. The number of nitrogens with one attached hydrogen (secondary N) is 1. The highest BCUT2D eigenvalue weighted by Gasteiger charge is 2.27. The molecule has 19 heavy (non-hydrogen) atoms. The Morgan fingerprint density at radius 3 is 2.32 bits per heavy atom. The topological polar surface area (TPSA) is 89.9 Å². The van der Waals surface area contributed by atoms with E-state index >= 15 is 0 Å². The summed E-state index contributed by atoms with van der Waals surface area (Å²) in [6.45, 7) is 6.30. The lowest BCUT2D eigenvalue weighted by Gasteiger charge is -2.26. The first kappa shape index (κ1) is 17.7. The number of rotatable bonds is 9. The van der Waals surface area contributed by atoms with Crippen LogP contribution in [0.15, 0.2) is 0 Å². The SMILES string of the molecule is CCCCN(CCO)C(=O)N[C@H](C(=O)O)C(C)CC. The number of carboxylic acids is 1. The van der Waals surface area contributed by atoms with Crippen molar-refractivity contribution in [2.75, 3.05) is 19.7 Å². The van der Waals surface area contributed by atoms with Crippen LogP contribution in [0.25, 0.3) is 0 Å². The summed E-state index contributed by atoms with van der Waals surface area (Å²) in [5.74, 6) is -1.16. The molecule has 1 unspecified atom stereocenters. The Bertz CT molecular complexity index is 284. The fourth-order valence-corrected chi connectivity index (χ4v) is 1.69. The maximum Gasteiger partial charge on any atom is 0.326 e. The molecule has 6 heteroatoms. The first-order chi connectivity index (χ1) is 8.97. The lowest BCUT2D eigenvalue weighted by atomic mass is 9.99. The fraction of sp³-hybridized carbons (Fsp3) is 0.846. The van der Waals surface area contributed by atoms with Crippen LogP contribution in [0.2, 0.25) is 0 Å². The van der Waals surface area contributed by atoms with Gasteiger partial charge in [0.15, 0.2) is 0 Å². The van der Waals surface area contributed by atoms with Crippen LogP contribution in [0.5, 0.6) is 0 Å². The molecular weight excluding hydrogens is 248 g/mol. The predicted molar refractivity (Wildman–Crippen MR) is 73.0 cm³/mol. The molecule has 6 nitrogen and oxygen atoms in total. The van der Waals surface area contributed by atoms with Gasteiger partial charge in [0, 0.05) is 13.1 Å². The fourth-order valence-electron chi connectivity index (χ4n) is 1.69. The number of carboxylic acid groups (broad SMARTS) is 1. The van der Waals surface area contributed by atoms with Crippen molar-refractivity contribution in [3.63, 3.8) is 0 Å². The highest BCUT2D eigenvalue weighted by Crippen LogP contribution is 2.09. The van der Waals surface area contributed by atoms with Gasteiger partial charge >= 0.3 is 12.0 Å². The van der Waals surface area contributed by atoms with Crippen LogP contribution in [-0.4, -0.2) is 52.9 Å². The Hall–Kier alpha value is -1.30. The van der Waals surface area contributed by atoms with Crippen molar-refractivity contribution in [3.05, 3.63) is 0 Å². The summed E-state index contributed by atoms with van der Waals surface area (Å²) in [6.07, 6.45) is 2.43. The maximum atomic E-state index is 12.0. The van der Waals surface area contributed by atoms with Gasteiger partial charge in [0.25, 0.3) is 0 Å². The zero-order chi connectivity index (χ0) is 14.8. The number of hydrogen-bond donors (Lipinski definition) is 3. The van der Waals surface area contributed by atoms with Gasteiger partial charge in [-0.05, 0) is 12.3 Å². The van der Waals surface area contributed by atoms with Crippen molar-refractivity contribution in [3.8, 4) is 0 Å². The van der Waals surface area contributed by atoms with E-state index in [1.807, 2.05) is 13.8 Å². The van der Waals surface area contributed by atoms with Gasteiger partial charge in [-0.1, -0.05) is 33.6 Å². The van der Waals surface area contributed by atoms with Crippen molar-refractivity contribution in [1.82, 2.24) is 10.2 Å². The van der Waals surface area contributed by atoms with Crippen LogP contribution in [0.4, 0.5) is 4.79 Å². The summed E-state index contributed by atoms with van der Waals surface area (Å²) in [7, 11) is 0. The molecule has 112 valence electrons. The number of carbonyl (C=O) groups is 2. The average Bonchev–Trinajstić information content (AvgIpc) is 2.39. The second-order valence-corrected chi connectivity index (χ2v) is 4.72. The van der Waals surface area contributed by atoms with E-state index in [4.69, 9.17) is 10.2 Å². The van der Waals surface area contributed by atoms with Crippen LogP contribution in [0.3, 0.4) is 0 Å². The minimum atomic E-state index is -1.03. The Morgan fingerprint density at radius 2 is 1.89 bits per heavy atom. The third-order valence-corrected chi connectivity index (χ3v) is 3.20. The highest BCUT2D eigenvalue weighted by molar-refractivity contribution is 5.82. The summed E-state index contributed by atoms with van der Waals surface area (Å²) in [5, 5.41) is 20.6. The van der Waals surface area contributed by atoms with Crippen molar-refractivity contribution in [1.29, 1.82) is 0 Å². The van der Waals surface area contributed by atoms with Gasteiger partial charge < -0.3 is 20.4 Å². The van der Waals surface area contributed by atoms with E-state index in [0.29, 0.717) is 13.0 Å². The molecule has 2 atom stereocenters. The summed E-state index contributed by atoms with van der Waals surface area (Å²) < 4.78 is 0. The van der Waals surface area contributed by atoms with Crippen LogP contribution in [0.1, 0.15) is 40.0 Å². The van der Waals surface area contributed by atoms with Crippen LogP contribution in [0, 0.1) is 5.92 Å². The third kappa shape index (κ3) is 6.42. The Balaban J connectivity index is 4.60. The van der Waals surface area contributed by atoms with Gasteiger partial charge in [-0.2, -0.15) is 0 Å². The standard InChI is InChI=1S/C13H26N2O4/c1-4-6-7-15(8-9-16)13(19)14-11(12(17)18)10(3)5-2/h10-11,16H,4-9H2,1-3H3,(H,14,19)(H,17,18)/t10?,11-/m0/s1. The molecule has 0 aromatic carbocycles. The molecule has 3 N–H and O–H groups in total. The Morgan fingerprint density at radius 1 is 1.26 bits per heavy atom. The van der Waals surface area contributed by atoms with E-state index in [-0.39, 0.29) is 19.1 Å². The first-order valence-electron chi connectivity index (χ1n) is 6.86. The van der Waals surface area contributed by atoms with Gasteiger partial charge in [0.1, 0.15) is 6.04 Å². The van der Waals surface area contributed by atoms with Crippen LogP contribution in [-0.2, 0) is 4.79 Å². The number of urea groups is 1. The molecule has 0 aliphatic carbocycles.